The van der Waals surface area contributed by atoms with Gasteiger partial charge in [-0.1, -0.05) is 50.3 Å². The topological polar surface area (TPSA) is 37.1 Å². The van der Waals surface area contributed by atoms with Crippen molar-refractivity contribution in [2.45, 2.75) is 56.9 Å². The van der Waals surface area contributed by atoms with E-state index in [1.807, 2.05) is 19.1 Å². The fraction of sp³-hybridized carbons (Fsp3) is 0.600. The van der Waals surface area contributed by atoms with Crippen molar-refractivity contribution >= 4 is 10.0 Å². The molecule has 1 fully saturated rings. The molecule has 1 heterocycles. The van der Waals surface area contributed by atoms with Crippen LogP contribution in [0.5, 0.6) is 0 Å². The number of sulfonamides is 1. The monoisotopic (exact) mass is 281 g/mol. The largest absolute Gasteiger partial charge is 0.243 e. The maximum Gasteiger partial charge on any atom is 0.243 e. The molecule has 1 saturated heterocycles. The third kappa shape index (κ3) is 3.57. The lowest BCUT2D eigenvalue weighted by Gasteiger charge is -2.06. The van der Waals surface area contributed by atoms with Crippen molar-refractivity contribution in [2.75, 3.05) is 6.54 Å². The molecule has 4 heteroatoms. The Balaban J connectivity index is 1.90. The summed E-state index contributed by atoms with van der Waals surface area (Å²) in [6.45, 7) is 4.85. The Labute approximate surface area is 116 Å². The van der Waals surface area contributed by atoms with Crippen LogP contribution >= 0.6 is 0 Å². The van der Waals surface area contributed by atoms with Crippen LogP contribution in [0.4, 0.5) is 0 Å². The molecule has 1 aromatic carbocycles. The summed E-state index contributed by atoms with van der Waals surface area (Å²) in [5.41, 5.74) is 1.08. The molecule has 0 aliphatic carbocycles. The first kappa shape index (κ1) is 14.5. The van der Waals surface area contributed by atoms with Gasteiger partial charge in [-0.05, 0) is 25.5 Å². The van der Waals surface area contributed by atoms with Crippen molar-refractivity contribution in [1.82, 2.24) is 4.31 Å². The molecule has 106 valence electrons. The third-order valence-corrected chi connectivity index (χ3v) is 5.62. The van der Waals surface area contributed by atoms with Gasteiger partial charge in [0, 0.05) is 12.6 Å². The average molecular weight is 281 g/mol. The van der Waals surface area contributed by atoms with Gasteiger partial charge in [-0.15, -0.1) is 0 Å². The summed E-state index contributed by atoms with van der Waals surface area (Å²) in [6, 6.07) is 7.36. The molecular formula is C15H23NO2S. The zero-order chi connectivity index (χ0) is 13.9. The van der Waals surface area contributed by atoms with E-state index in [0.29, 0.717) is 11.4 Å². The van der Waals surface area contributed by atoms with Gasteiger partial charge in [-0.3, -0.25) is 0 Å². The zero-order valence-corrected chi connectivity index (χ0v) is 12.6. The molecule has 0 aromatic heterocycles. The van der Waals surface area contributed by atoms with Gasteiger partial charge in [0.2, 0.25) is 10.0 Å². The molecule has 0 spiro atoms. The van der Waals surface area contributed by atoms with Crippen LogP contribution in [0.3, 0.4) is 0 Å². The van der Waals surface area contributed by atoms with E-state index in [4.69, 9.17) is 0 Å². The van der Waals surface area contributed by atoms with E-state index in [2.05, 4.69) is 6.92 Å². The molecule has 19 heavy (non-hydrogen) atoms. The van der Waals surface area contributed by atoms with Crippen LogP contribution in [0, 0.1) is 6.92 Å². The van der Waals surface area contributed by atoms with Crippen LogP contribution in [0.25, 0.3) is 0 Å². The van der Waals surface area contributed by atoms with Crippen molar-refractivity contribution in [3.8, 4) is 0 Å². The first-order valence-corrected chi connectivity index (χ1v) is 8.58. The Bertz CT molecular complexity index is 507. The minimum absolute atomic E-state index is 0.239. The van der Waals surface area contributed by atoms with Crippen molar-refractivity contribution in [3.05, 3.63) is 29.8 Å². The molecule has 0 N–H and O–H groups in total. The second kappa shape index (κ2) is 6.06. The number of aryl methyl sites for hydroxylation is 1. The summed E-state index contributed by atoms with van der Waals surface area (Å²) in [4.78, 5) is 0.425. The van der Waals surface area contributed by atoms with Crippen LogP contribution in [0.1, 0.15) is 44.6 Å². The Morgan fingerprint density at radius 1 is 1.16 bits per heavy atom. The Hall–Kier alpha value is -0.870. The quantitative estimate of drug-likeness (QED) is 0.568. The number of hydrogen-bond donors (Lipinski definition) is 0. The summed E-state index contributed by atoms with van der Waals surface area (Å²) >= 11 is 0. The Kier molecular flexibility index (Phi) is 4.63. The van der Waals surface area contributed by atoms with E-state index in [9.17, 15) is 8.42 Å². The standard InChI is InChI=1S/C15H23NO2S/c1-3-4-5-6-7-14-12-16(14)19(17,18)15-10-8-13(2)9-11-15/h8-11,14H,3-7,12H2,1-2H3. The van der Waals surface area contributed by atoms with Crippen LogP contribution in [0.15, 0.2) is 29.2 Å². The van der Waals surface area contributed by atoms with E-state index in [-0.39, 0.29) is 6.04 Å². The summed E-state index contributed by atoms with van der Waals surface area (Å²) in [6.07, 6.45) is 5.82. The lowest BCUT2D eigenvalue weighted by Crippen LogP contribution is -2.14. The van der Waals surface area contributed by atoms with Crippen LogP contribution in [-0.2, 0) is 10.0 Å². The lowest BCUT2D eigenvalue weighted by atomic mass is 10.1. The Morgan fingerprint density at radius 2 is 1.84 bits per heavy atom. The van der Waals surface area contributed by atoms with Gasteiger partial charge in [0.25, 0.3) is 0 Å². The highest BCUT2D eigenvalue weighted by molar-refractivity contribution is 7.89. The van der Waals surface area contributed by atoms with Gasteiger partial charge in [-0.2, -0.15) is 4.31 Å². The molecule has 0 radical (unpaired) electrons. The molecule has 0 saturated carbocycles. The normalized spacial score (nSPS) is 22.4. The molecular weight excluding hydrogens is 258 g/mol. The van der Waals surface area contributed by atoms with E-state index in [1.54, 1.807) is 16.4 Å². The number of hydrogen-bond acceptors (Lipinski definition) is 2. The van der Waals surface area contributed by atoms with E-state index >= 15 is 0 Å². The summed E-state index contributed by atoms with van der Waals surface area (Å²) in [5.74, 6) is 0. The third-order valence-electron chi connectivity index (χ3n) is 3.68. The van der Waals surface area contributed by atoms with Crippen LogP contribution in [0.2, 0.25) is 0 Å². The second-order valence-electron chi connectivity index (χ2n) is 5.39. The highest BCUT2D eigenvalue weighted by atomic mass is 32.2. The average Bonchev–Trinajstić information content (AvgIpc) is 3.15. The first-order chi connectivity index (χ1) is 9.05. The van der Waals surface area contributed by atoms with Crippen molar-refractivity contribution in [3.63, 3.8) is 0 Å². The minimum Gasteiger partial charge on any atom is -0.207 e. The number of benzene rings is 1. The predicted molar refractivity (Wildman–Crippen MR) is 77.6 cm³/mol. The molecule has 1 aromatic rings. The van der Waals surface area contributed by atoms with Gasteiger partial charge >= 0.3 is 0 Å². The molecule has 0 bridgehead atoms. The number of rotatable bonds is 7. The SMILES string of the molecule is CCCCCCC1CN1S(=O)(=O)c1ccc(C)cc1. The van der Waals surface area contributed by atoms with E-state index in [1.165, 1.54) is 19.3 Å². The molecule has 3 nitrogen and oxygen atoms in total. The number of unbranched alkanes of at least 4 members (excludes halogenated alkanes) is 3. The summed E-state index contributed by atoms with van der Waals surface area (Å²) < 4.78 is 26.3. The molecule has 1 aliphatic rings. The van der Waals surface area contributed by atoms with Crippen molar-refractivity contribution in [2.24, 2.45) is 0 Å². The first-order valence-electron chi connectivity index (χ1n) is 7.14. The smallest absolute Gasteiger partial charge is 0.207 e. The predicted octanol–water partition coefficient (Wildman–Crippen LogP) is 3.34. The van der Waals surface area contributed by atoms with Gasteiger partial charge < -0.3 is 0 Å². The van der Waals surface area contributed by atoms with Gasteiger partial charge in [0.15, 0.2) is 0 Å². The second-order valence-corrected chi connectivity index (χ2v) is 7.28. The molecule has 1 aliphatic heterocycles. The molecule has 0 amide bonds. The lowest BCUT2D eigenvalue weighted by molar-refractivity contribution is 0.537. The van der Waals surface area contributed by atoms with Crippen LogP contribution in [-0.4, -0.2) is 25.3 Å². The Morgan fingerprint density at radius 3 is 2.47 bits per heavy atom. The van der Waals surface area contributed by atoms with E-state index < -0.39 is 10.0 Å². The molecule has 2 rings (SSSR count). The van der Waals surface area contributed by atoms with Gasteiger partial charge in [0.05, 0.1) is 4.90 Å². The maximum atomic E-state index is 12.3. The van der Waals surface area contributed by atoms with Crippen molar-refractivity contribution in [1.29, 1.82) is 0 Å². The fourth-order valence-electron chi connectivity index (χ4n) is 2.34. The molecule has 2 atom stereocenters. The summed E-state index contributed by atoms with van der Waals surface area (Å²) in [7, 11) is -3.24. The minimum atomic E-state index is -3.24. The maximum absolute atomic E-state index is 12.3. The van der Waals surface area contributed by atoms with Gasteiger partial charge in [-0.25, -0.2) is 8.42 Å². The fourth-order valence-corrected chi connectivity index (χ4v) is 3.96. The highest BCUT2D eigenvalue weighted by Gasteiger charge is 2.43. The number of nitrogens with zero attached hydrogens (tertiary/aromatic N) is 1. The van der Waals surface area contributed by atoms with Crippen LogP contribution < -0.4 is 0 Å². The molecule has 2 unspecified atom stereocenters. The zero-order valence-electron chi connectivity index (χ0n) is 11.8. The van der Waals surface area contributed by atoms with Gasteiger partial charge in [0.1, 0.15) is 0 Å². The van der Waals surface area contributed by atoms with E-state index in [0.717, 1.165) is 18.4 Å². The van der Waals surface area contributed by atoms with Crippen molar-refractivity contribution < 1.29 is 8.42 Å². The summed E-state index contributed by atoms with van der Waals surface area (Å²) in [5, 5.41) is 0. The highest BCUT2D eigenvalue weighted by Crippen LogP contribution is 2.31.